The summed E-state index contributed by atoms with van der Waals surface area (Å²) in [5.74, 6) is 1.06. The summed E-state index contributed by atoms with van der Waals surface area (Å²) >= 11 is 9.19. The SMILES string of the molecule is CCCn1c(SCC(=O)Nc2cc(Cl)ccc2C)nnc1-c1csc(C)c1CC. The lowest BCUT2D eigenvalue weighted by Crippen LogP contribution is -2.15. The van der Waals surface area contributed by atoms with Crippen LogP contribution < -0.4 is 5.32 Å². The molecule has 0 aliphatic rings. The van der Waals surface area contributed by atoms with E-state index in [2.05, 4.69) is 46.2 Å². The first-order valence-corrected chi connectivity index (χ1v) is 11.9. The van der Waals surface area contributed by atoms with Crippen LogP contribution in [0.25, 0.3) is 11.4 Å². The number of hydrogen-bond donors (Lipinski definition) is 1. The summed E-state index contributed by atoms with van der Waals surface area (Å²) in [7, 11) is 0. The molecule has 1 aromatic carbocycles. The fourth-order valence-corrected chi connectivity index (χ4v) is 5.05. The molecule has 0 aliphatic carbocycles. The van der Waals surface area contributed by atoms with Crippen molar-refractivity contribution in [3.63, 3.8) is 0 Å². The summed E-state index contributed by atoms with van der Waals surface area (Å²) < 4.78 is 2.13. The average molecular weight is 449 g/mol. The molecule has 2 heterocycles. The second-order valence-electron chi connectivity index (χ2n) is 6.79. The van der Waals surface area contributed by atoms with Gasteiger partial charge in [0.25, 0.3) is 0 Å². The van der Waals surface area contributed by atoms with Gasteiger partial charge < -0.3 is 9.88 Å². The molecule has 0 unspecified atom stereocenters. The van der Waals surface area contributed by atoms with Crippen molar-refractivity contribution < 1.29 is 4.79 Å². The van der Waals surface area contributed by atoms with E-state index < -0.39 is 0 Å². The van der Waals surface area contributed by atoms with E-state index in [9.17, 15) is 4.79 Å². The van der Waals surface area contributed by atoms with Crippen LogP contribution in [0.15, 0.2) is 28.7 Å². The van der Waals surface area contributed by atoms with Crippen LogP contribution in [0.1, 0.15) is 36.3 Å². The lowest BCUT2D eigenvalue weighted by Gasteiger charge is -2.10. The maximum absolute atomic E-state index is 12.5. The zero-order chi connectivity index (χ0) is 21.0. The molecule has 0 atom stereocenters. The van der Waals surface area contributed by atoms with Gasteiger partial charge in [-0.05, 0) is 49.9 Å². The van der Waals surface area contributed by atoms with E-state index in [1.165, 1.54) is 22.2 Å². The first kappa shape index (κ1) is 21.9. The second-order valence-corrected chi connectivity index (χ2v) is 9.25. The Morgan fingerprint density at radius 2 is 2.07 bits per heavy atom. The molecule has 5 nitrogen and oxygen atoms in total. The fourth-order valence-electron chi connectivity index (χ4n) is 3.17. The number of nitrogens with one attached hydrogen (secondary N) is 1. The Kier molecular flexibility index (Phi) is 7.38. The molecule has 154 valence electrons. The molecule has 0 bridgehead atoms. The molecule has 8 heteroatoms. The van der Waals surface area contributed by atoms with Crippen LogP contribution >= 0.6 is 34.7 Å². The van der Waals surface area contributed by atoms with Gasteiger partial charge in [0.1, 0.15) is 0 Å². The quantitative estimate of drug-likeness (QED) is 0.430. The first-order chi connectivity index (χ1) is 13.9. The molecule has 1 N–H and O–H groups in total. The predicted molar refractivity (Wildman–Crippen MR) is 123 cm³/mol. The lowest BCUT2D eigenvalue weighted by atomic mass is 10.1. The van der Waals surface area contributed by atoms with Crippen LogP contribution in [-0.2, 0) is 17.8 Å². The highest BCUT2D eigenvalue weighted by atomic mass is 35.5. The van der Waals surface area contributed by atoms with Crippen molar-refractivity contribution in [2.75, 3.05) is 11.1 Å². The number of amides is 1. The van der Waals surface area contributed by atoms with Gasteiger partial charge in [0.2, 0.25) is 5.91 Å². The summed E-state index contributed by atoms with van der Waals surface area (Å²) in [5, 5.41) is 15.3. The van der Waals surface area contributed by atoms with Crippen molar-refractivity contribution in [3.8, 4) is 11.4 Å². The summed E-state index contributed by atoms with van der Waals surface area (Å²) in [6.45, 7) is 9.20. The highest BCUT2D eigenvalue weighted by molar-refractivity contribution is 7.99. The standard InChI is InChI=1S/C21H25ClN4OS2/c1-5-9-26-20(17-11-28-14(4)16(17)6-2)24-25-21(26)29-12-19(27)23-18-10-15(22)8-7-13(18)3/h7-8,10-11H,5-6,9,12H2,1-4H3,(H,23,27). The van der Waals surface area contributed by atoms with Gasteiger partial charge in [-0.2, -0.15) is 0 Å². The number of thiophene rings is 1. The molecule has 3 rings (SSSR count). The van der Waals surface area contributed by atoms with Crippen LogP contribution in [0.4, 0.5) is 5.69 Å². The normalized spacial score (nSPS) is 11.1. The van der Waals surface area contributed by atoms with Crippen LogP contribution in [0.2, 0.25) is 5.02 Å². The van der Waals surface area contributed by atoms with Crippen molar-refractivity contribution in [2.24, 2.45) is 0 Å². The Bertz CT molecular complexity index is 1010. The van der Waals surface area contributed by atoms with Gasteiger partial charge in [0, 0.05) is 33.1 Å². The number of aryl methyl sites for hydroxylation is 2. The molecular formula is C21H25ClN4OS2. The van der Waals surface area contributed by atoms with Gasteiger partial charge in [-0.1, -0.05) is 43.3 Å². The number of aromatic nitrogens is 3. The van der Waals surface area contributed by atoms with Crippen LogP contribution in [0.3, 0.4) is 0 Å². The Hall–Kier alpha value is -1.83. The maximum atomic E-state index is 12.5. The molecule has 0 radical (unpaired) electrons. The minimum atomic E-state index is -0.0893. The molecule has 3 aromatic rings. The van der Waals surface area contributed by atoms with Crippen molar-refractivity contribution in [3.05, 3.63) is 44.6 Å². The predicted octanol–water partition coefficient (Wildman–Crippen LogP) is 5.98. The molecule has 1 amide bonds. The van der Waals surface area contributed by atoms with Gasteiger partial charge in [0.15, 0.2) is 11.0 Å². The van der Waals surface area contributed by atoms with Gasteiger partial charge in [-0.3, -0.25) is 4.79 Å². The number of rotatable bonds is 8. The number of halogens is 1. The topological polar surface area (TPSA) is 59.8 Å². The number of thioether (sulfide) groups is 1. The van der Waals surface area contributed by atoms with Crippen LogP contribution in [-0.4, -0.2) is 26.4 Å². The highest BCUT2D eigenvalue weighted by Gasteiger charge is 2.19. The maximum Gasteiger partial charge on any atom is 0.234 e. The molecule has 0 saturated carbocycles. The molecule has 2 aromatic heterocycles. The average Bonchev–Trinajstić information content (AvgIpc) is 3.26. The Morgan fingerprint density at radius 1 is 1.28 bits per heavy atom. The number of hydrogen-bond acceptors (Lipinski definition) is 5. The number of carbonyl (C=O) groups is 1. The minimum absolute atomic E-state index is 0.0893. The zero-order valence-corrected chi connectivity index (χ0v) is 19.5. The van der Waals surface area contributed by atoms with E-state index >= 15 is 0 Å². The van der Waals surface area contributed by atoms with E-state index in [-0.39, 0.29) is 11.7 Å². The number of benzene rings is 1. The van der Waals surface area contributed by atoms with Crippen molar-refractivity contribution >= 4 is 46.3 Å². The first-order valence-electron chi connectivity index (χ1n) is 9.63. The van der Waals surface area contributed by atoms with Crippen molar-refractivity contribution in [2.45, 2.75) is 52.2 Å². The molecule has 29 heavy (non-hydrogen) atoms. The van der Waals surface area contributed by atoms with E-state index in [1.807, 2.05) is 19.1 Å². The van der Waals surface area contributed by atoms with E-state index in [0.717, 1.165) is 47.2 Å². The minimum Gasteiger partial charge on any atom is -0.325 e. The van der Waals surface area contributed by atoms with Gasteiger partial charge in [-0.25, -0.2) is 0 Å². The monoisotopic (exact) mass is 448 g/mol. The van der Waals surface area contributed by atoms with Crippen molar-refractivity contribution in [1.29, 1.82) is 0 Å². The third-order valence-electron chi connectivity index (χ3n) is 4.67. The largest absolute Gasteiger partial charge is 0.325 e. The van der Waals surface area contributed by atoms with Gasteiger partial charge >= 0.3 is 0 Å². The van der Waals surface area contributed by atoms with E-state index in [4.69, 9.17) is 11.6 Å². The second kappa shape index (κ2) is 9.78. The van der Waals surface area contributed by atoms with E-state index in [1.54, 1.807) is 17.4 Å². The van der Waals surface area contributed by atoms with Gasteiger partial charge in [0.05, 0.1) is 5.75 Å². The third-order valence-corrected chi connectivity index (χ3v) is 6.82. The summed E-state index contributed by atoms with van der Waals surface area (Å²) in [6.07, 6.45) is 1.94. The van der Waals surface area contributed by atoms with Crippen LogP contribution in [0, 0.1) is 13.8 Å². The van der Waals surface area contributed by atoms with Gasteiger partial charge in [-0.15, -0.1) is 21.5 Å². The molecule has 0 fully saturated rings. The molecule has 0 aliphatic heterocycles. The lowest BCUT2D eigenvalue weighted by molar-refractivity contribution is -0.113. The fraction of sp³-hybridized carbons (Fsp3) is 0.381. The number of carbonyl (C=O) groups excluding carboxylic acids is 1. The number of nitrogens with zero attached hydrogens (tertiary/aromatic N) is 3. The smallest absolute Gasteiger partial charge is 0.234 e. The van der Waals surface area contributed by atoms with Crippen molar-refractivity contribution in [1.82, 2.24) is 14.8 Å². The summed E-state index contributed by atoms with van der Waals surface area (Å²) in [4.78, 5) is 13.8. The number of anilines is 1. The molecular weight excluding hydrogens is 424 g/mol. The molecule has 0 spiro atoms. The molecule has 0 saturated heterocycles. The zero-order valence-electron chi connectivity index (χ0n) is 17.1. The Labute approximate surface area is 184 Å². The summed E-state index contributed by atoms with van der Waals surface area (Å²) in [6, 6.07) is 5.47. The Morgan fingerprint density at radius 3 is 2.79 bits per heavy atom. The van der Waals surface area contributed by atoms with Crippen LogP contribution in [0.5, 0.6) is 0 Å². The Balaban J connectivity index is 1.76. The summed E-state index contributed by atoms with van der Waals surface area (Å²) in [5.41, 5.74) is 4.19. The van der Waals surface area contributed by atoms with E-state index in [0.29, 0.717) is 5.02 Å². The third kappa shape index (κ3) is 5.02. The highest BCUT2D eigenvalue weighted by Crippen LogP contribution is 2.33.